The number of aromatic nitrogens is 1. The molecule has 0 amide bonds. The smallest absolute Gasteiger partial charge is 0.0451 e. The van der Waals surface area contributed by atoms with Gasteiger partial charge >= 0.3 is 0 Å². The molecule has 1 atom stereocenters. The van der Waals surface area contributed by atoms with Crippen LogP contribution in [0.1, 0.15) is 12.0 Å². The molecule has 122 valence electrons. The number of nitrogens with zero attached hydrogens (tertiary/aromatic N) is 2. The summed E-state index contributed by atoms with van der Waals surface area (Å²) in [5.74, 6) is 0. The highest BCUT2D eigenvalue weighted by atomic mass is 35.5. The first kappa shape index (κ1) is 15.4. The van der Waals surface area contributed by atoms with Gasteiger partial charge in [-0.15, -0.1) is 0 Å². The summed E-state index contributed by atoms with van der Waals surface area (Å²) in [7, 11) is 0. The molecule has 4 heteroatoms. The summed E-state index contributed by atoms with van der Waals surface area (Å²) in [6.07, 6.45) is 4.91. The van der Waals surface area contributed by atoms with Gasteiger partial charge in [-0.05, 0) is 30.2 Å². The van der Waals surface area contributed by atoms with Crippen LogP contribution >= 0.6 is 11.6 Å². The molecule has 3 aromatic rings. The maximum atomic E-state index is 6.29. The number of fused-ring (bicyclic) bond motifs is 1. The molecule has 2 heterocycles. The number of rotatable bonds is 4. The van der Waals surface area contributed by atoms with Crippen molar-refractivity contribution in [3.05, 3.63) is 71.5 Å². The second-order valence-corrected chi connectivity index (χ2v) is 6.77. The molecule has 0 radical (unpaired) electrons. The average molecular weight is 338 g/mol. The second-order valence-electron chi connectivity index (χ2n) is 6.36. The van der Waals surface area contributed by atoms with Gasteiger partial charge in [0, 0.05) is 59.6 Å². The zero-order chi connectivity index (χ0) is 16.4. The molecule has 1 aliphatic heterocycles. The Morgan fingerprint density at radius 1 is 1.12 bits per heavy atom. The first-order valence-electron chi connectivity index (χ1n) is 8.34. The van der Waals surface area contributed by atoms with Crippen LogP contribution in [0, 0.1) is 0 Å². The highest BCUT2D eigenvalue weighted by Gasteiger charge is 2.23. The molecule has 24 heavy (non-hydrogen) atoms. The van der Waals surface area contributed by atoms with Crippen molar-refractivity contribution < 1.29 is 0 Å². The number of hydrogen-bond donors (Lipinski definition) is 1. The Balaban J connectivity index is 1.44. The van der Waals surface area contributed by atoms with Crippen molar-refractivity contribution in [3.63, 3.8) is 0 Å². The average Bonchev–Trinajstić information content (AvgIpc) is 3.04. The molecule has 1 fully saturated rings. The summed E-state index contributed by atoms with van der Waals surface area (Å²) in [6, 6.07) is 17.0. The van der Waals surface area contributed by atoms with E-state index in [2.05, 4.69) is 51.6 Å². The minimum Gasteiger partial charge on any atom is -0.380 e. The van der Waals surface area contributed by atoms with Crippen LogP contribution < -0.4 is 5.32 Å². The van der Waals surface area contributed by atoms with E-state index in [1.54, 1.807) is 0 Å². The highest BCUT2D eigenvalue weighted by molar-refractivity contribution is 6.31. The van der Waals surface area contributed by atoms with Gasteiger partial charge in [0.2, 0.25) is 0 Å². The van der Waals surface area contributed by atoms with E-state index in [0.717, 1.165) is 31.1 Å². The minimum atomic E-state index is 0.464. The molecule has 1 aliphatic rings. The number of pyridine rings is 1. The van der Waals surface area contributed by atoms with Crippen LogP contribution in [0.5, 0.6) is 0 Å². The molecular weight excluding hydrogens is 318 g/mol. The maximum Gasteiger partial charge on any atom is 0.0451 e. The van der Waals surface area contributed by atoms with E-state index in [1.807, 2.05) is 24.5 Å². The standard InChI is InChI=1S/C20H20ClN3/c21-19-6-2-1-4-16(19)13-24-11-9-17(14-24)23-20-7-3-5-15-12-22-10-8-18(15)20/h1-8,10,12,17,23H,9,11,13-14H2. The molecule has 3 nitrogen and oxygen atoms in total. The van der Waals surface area contributed by atoms with Crippen molar-refractivity contribution in [1.82, 2.24) is 9.88 Å². The van der Waals surface area contributed by atoms with Crippen LogP contribution in [0.3, 0.4) is 0 Å². The summed E-state index contributed by atoms with van der Waals surface area (Å²) >= 11 is 6.29. The van der Waals surface area contributed by atoms with Crippen molar-refractivity contribution in [2.45, 2.75) is 19.0 Å². The van der Waals surface area contributed by atoms with Gasteiger partial charge < -0.3 is 5.32 Å². The third-order valence-electron chi connectivity index (χ3n) is 4.66. The van der Waals surface area contributed by atoms with Gasteiger partial charge in [0.05, 0.1) is 0 Å². The topological polar surface area (TPSA) is 28.2 Å². The molecule has 1 saturated heterocycles. The van der Waals surface area contributed by atoms with E-state index >= 15 is 0 Å². The predicted octanol–water partition coefficient (Wildman–Crippen LogP) is 4.57. The van der Waals surface area contributed by atoms with Gasteiger partial charge in [-0.2, -0.15) is 0 Å². The normalized spacial score (nSPS) is 18.1. The van der Waals surface area contributed by atoms with Crippen LogP contribution in [0.25, 0.3) is 10.8 Å². The highest BCUT2D eigenvalue weighted by Crippen LogP contribution is 2.26. The van der Waals surface area contributed by atoms with Crippen molar-refractivity contribution >= 4 is 28.1 Å². The van der Waals surface area contributed by atoms with Gasteiger partial charge in [-0.1, -0.05) is 41.9 Å². The molecule has 1 aromatic heterocycles. The van der Waals surface area contributed by atoms with Gasteiger partial charge in [0.15, 0.2) is 0 Å². The van der Waals surface area contributed by atoms with Gasteiger partial charge in [-0.25, -0.2) is 0 Å². The molecule has 0 aliphatic carbocycles. The first-order chi connectivity index (χ1) is 11.8. The zero-order valence-electron chi connectivity index (χ0n) is 13.5. The summed E-state index contributed by atoms with van der Waals surface area (Å²) in [4.78, 5) is 6.67. The van der Waals surface area contributed by atoms with Crippen LogP contribution in [0.4, 0.5) is 5.69 Å². The largest absolute Gasteiger partial charge is 0.380 e. The number of benzene rings is 2. The fourth-order valence-electron chi connectivity index (χ4n) is 3.43. The second kappa shape index (κ2) is 6.80. The molecule has 0 saturated carbocycles. The summed E-state index contributed by atoms with van der Waals surface area (Å²) < 4.78 is 0. The lowest BCUT2D eigenvalue weighted by Crippen LogP contribution is -2.26. The van der Waals surface area contributed by atoms with E-state index in [9.17, 15) is 0 Å². The Morgan fingerprint density at radius 2 is 2.04 bits per heavy atom. The molecule has 0 bridgehead atoms. The zero-order valence-corrected chi connectivity index (χ0v) is 14.2. The van der Waals surface area contributed by atoms with Gasteiger partial charge in [0.1, 0.15) is 0 Å². The van der Waals surface area contributed by atoms with E-state index in [4.69, 9.17) is 11.6 Å². The number of likely N-dealkylation sites (tertiary alicyclic amines) is 1. The predicted molar refractivity (Wildman–Crippen MR) is 100 cm³/mol. The van der Waals surface area contributed by atoms with E-state index in [0.29, 0.717) is 6.04 Å². The summed E-state index contributed by atoms with van der Waals surface area (Å²) in [5, 5.41) is 6.98. The molecule has 4 rings (SSSR count). The first-order valence-corrected chi connectivity index (χ1v) is 8.72. The van der Waals surface area contributed by atoms with Gasteiger partial charge in [0.25, 0.3) is 0 Å². The van der Waals surface area contributed by atoms with Crippen LogP contribution in [-0.2, 0) is 6.54 Å². The lowest BCUT2D eigenvalue weighted by Gasteiger charge is -2.19. The monoisotopic (exact) mass is 337 g/mol. The number of halogens is 1. The number of hydrogen-bond acceptors (Lipinski definition) is 3. The fourth-order valence-corrected chi connectivity index (χ4v) is 3.63. The fraction of sp³-hybridized carbons (Fsp3) is 0.250. The molecule has 1 unspecified atom stereocenters. The molecule has 1 N–H and O–H groups in total. The van der Waals surface area contributed by atoms with E-state index in [1.165, 1.54) is 22.0 Å². The molecular formula is C20H20ClN3. The lowest BCUT2D eigenvalue weighted by molar-refractivity contribution is 0.329. The maximum absolute atomic E-state index is 6.29. The number of nitrogens with one attached hydrogen (secondary N) is 1. The Labute approximate surface area is 147 Å². The quantitative estimate of drug-likeness (QED) is 0.755. The Morgan fingerprint density at radius 3 is 2.96 bits per heavy atom. The summed E-state index contributed by atoms with van der Waals surface area (Å²) in [5.41, 5.74) is 2.40. The van der Waals surface area contributed by atoms with E-state index < -0.39 is 0 Å². The Hall–Kier alpha value is -2.10. The number of anilines is 1. The van der Waals surface area contributed by atoms with Crippen molar-refractivity contribution in [3.8, 4) is 0 Å². The Kier molecular flexibility index (Phi) is 4.37. The van der Waals surface area contributed by atoms with Gasteiger partial charge in [-0.3, -0.25) is 9.88 Å². The Bertz CT molecular complexity index is 844. The molecule has 2 aromatic carbocycles. The van der Waals surface area contributed by atoms with Crippen molar-refractivity contribution in [1.29, 1.82) is 0 Å². The lowest BCUT2D eigenvalue weighted by atomic mass is 10.1. The van der Waals surface area contributed by atoms with Crippen LogP contribution in [0.2, 0.25) is 5.02 Å². The molecule has 0 spiro atoms. The van der Waals surface area contributed by atoms with Crippen molar-refractivity contribution in [2.75, 3.05) is 18.4 Å². The third kappa shape index (κ3) is 3.23. The summed E-state index contributed by atoms with van der Waals surface area (Å²) in [6.45, 7) is 3.04. The third-order valence-corrected chi connectivity index (χ3v) is 5.03. The van der Waals surface area contributed by atoms with E-state index in [-0.39, 0.29) is 0 Å². The van der Waals surface area contributed by atoms with Crippen molar-refractivity contribution in [2.24, 2.45) is 0 Å². The van der Waals surface area contributed by atoms with Crippen LogP contribution in [-0.4, -0.2) is 29.0 Å². The minimum absolute atomic E-state index is 0.464. The SMILES string of the molecule is Clc1ccccc1CN1CCC(Nc2cccc3cnccc23)C1. The van der Waals surface area contributed by atoms with Crippen LogP contribution in [0.15, 0.2) is 60.9 Å².